The fourth-order valence-electron chi connectivity index (χ4n) is 3.46. The van der Waals surface area contributed by atoms with E-state index in [9.17, 15) is 14.4 Å². The molecule has 2 aliphatic rings. The van der Waals surface area contributed by atoms with E-state index in [1.807, 2.05) is 12.1 Å². The van der Waals surface area contributed by atoms with Crippen LogP contribution in [0.1, 0.15) is 12.0 Å². The van der Waals surface area contributed by atoms with E-state index in [1.165, 1.54) is 0 Å². The number of hydrogen-bond acceptors (Lipinski definition) is 4. The first-order chi connectivity index (χ1) is 12.5. The molecule has 0 unspecified atom stereocenters. The number of rotatable bonds is 3. The summed E-state index contributed by atoms with van der Waals surface area (Å²) in [5.41, 5.74) is 1.01. The van der Waals surface area contributed by atoms with Crippen molar-refractivity contribution in [3.63, 3.8) is 0 Å². The Labute approximate surface area is 153 Å². The second-order valence-electron chi connectivity index (χ2n) is 7.02. The van der Waals surface area contributed by atoms with Gasteiger partial charge in [-0.25, -0.2) is 4.79 Å². The third-order valence-corrected chi connectivity index (χ3v) is 4.93. The van der Waals surface area contributed by atoms with Gasteiger partial charge in [-0.15, -0.1) is 0 Å². The molecule has 0 radical (unpaired) electrons. The predicted molar refractivity (Wildman–Crippen MR) is 95.0 cm³/mol. The van der Waals surface area contributed by atoms with Gasteiger partial charge in [0.05, 0.1) is 5.92 Å². The van der Waals surface area contributed by atoms with E-state index in [1.54, 1.807) is 46.1 Å². The third kappa shape index (κ3) is 3.95. The minimum absolute atomic E-state index is 0.0154. The molecule has 4 amide bonds. The van der Waals surface area contributed by atoms with Gasteiger partial charge < -0.3 is 19.6 Å². The maximum atomic E-state index is 12.8. The van der Waals surface area contributed by atoms with Crippen LogP contribution in [0.3, 0.4) is 0 Å². The Morgan fingerprint density at radius 1 is 1.12 bits per heavy atom. The number of urea groups is 1. The van der Waals surface area contributed by atoms with E-state index < -0.39 is 0 Å². The first-order valence-corrected chi connectivity index (χ1v) is 8.87. The van der Waals surface area contributed by atoms with Gasteiger partial charge in [-0.05, 0) is 17.7 Å². The van der Waals surface area contributed by atoms with Gasteiger partial charge in [0.15, 0.2) is 0 Å². The summed E-state index contributed by atoms with van der Waals surface area (Å²) in [6, 6.07) is 3.73. The number of amides is 4. The van der Waals surface area contributed by atoms with Gasteiger partial charge in [0.25, 0.3) is 0 Å². The maximum absolute atomic E-state index is 12.8. The van der Waals surface area contributed by atoms with Gasteiger partial charge >= 0.3 is 6.03 Å². The van der Waals surface area contributed by atoms with Crippen LogP contribution in [0.2, 0.25) is 0 Å². The molecule has 0 N–H and O–H groups in total. The Balaban J connectivity index is 1.53. The smallest absolute Gasteiger partial charge is 0.319 e. The van der Waals surface area contributed by atoms with E-state index in [0.717, 1.165) is 5.56 Å². The molecule has 1 aromatic heterocycles. The van der Waals surface area contributed by atoms with Gasteiger partial charge in [0.1, 0.15) is 0 Å². The van der Waals surface area contributed by atoms with Crippen LogP contribution in [0.25, 0.3) is 0 Å². The molecule has 1 aromatic rings. The van der Waals surface area contributed by atoms with Gasteiger partial charge in [0, 0.05) is 72.2 Å². The third-order valence-electron chi connectivity index (χ3n) is 4.93. The summed E-state index contributed by atoms with van der Waals surface area (Å²) in [6.07, 6.45) is 3.67. The lowest BCUT2D eigenvalue weighted by atomic mass is 10.1. The van der Waals surface area contributed by atoms with Crippen LogP contribution in [0.5, 0.6) is 0 Å². The summed E-state index contributed by atoms with van der Waals surface area (Å²) < 4.78 is 0. The number of piperazine rings is 1. The Kier molecular flexibility index (Phi) is 5.39. The predicted octanol–water partition coefficient (Wildman–Crippen LogP) is 0.256. The average Bonchev–Trinajstić information content (AvgIpc) is 3.02. The molecule has 0 saturated carbocycles. The molecule has 26 heavy (non-hydrogen) atoms. The van der Waals surface area contributed by atoms with Crippen molar-refractivity contribution < 1.29 is 14.4 Å². The normalized spacial score (nSPS) is 20.5. The van der Waals surface area contributed by atoms with Crippen molar-refractivity contribution in [2.24, 2.45) is 5.92 Å². The van der Waals surface area contributed by atoms with Crippen LogP contribution in [0, 0.1) is 5.92 Å². The van der Waals surface area contributed by atoms with Gasteiger partial charge in [0.2, 0.25) is 11.8 Å². The number of hydrogen-bond donors (Lipinski definition) is 0. The van der Waals surface area contributed by atoms with E-state index in [0.29, 0.717) is 39.3 Å². The highest BCUT2D eigenvalue weighted by molar-refractivity contribution is 5.89. The molecule has 0 aromatic carbocycles. The molecule has 8 heteroatoms. The summed E-state index contributed by atoms with van der Waals surface area (Å²) in [6.45, 7) is 3.07. The quantitative estimate of drug-likeness (QED) is 0.775. The minimum atomic E-state index is -0.291. The van der Waals surface area contributed by atoms with Crippen molar-refractivity contribution in [1.82, 2.24) is 24.6 Å². The Hall–Kier alpha value is -2.64. The summed E-state index contributed by atoms with van der Waals surface area (Å²) in [5, 5.41) is 0. The molecule has 2 aliphatic heterocycles. The van der Waals surface area contributed by atoms with Crippen LogP contribution in [0.4, 0.5) is 4.79 Å². The van der Waals surface area contributed by atoms with Crippen molar-refractivity contribution in [2.45, 2.75) is 13.0 Å². The van der Waals surface area contributed by atoms with Crippen LogP contribution < -0.4 is 0 Å². The van der Waals surface area contributed by atoms with E-state index in [2.05, 4.69) is 4.98 Å². The van der Waals surface area contributed by atoms with Crippen molar-refractivity contribution >= 4 is 17.8 Å². The fraction of sp³-hybridized carbons (Fsp3) is 0.556. The molecule has 0 bridgehead atoms. The van der Waals surface area contributed by atoms with Crippen LogP contribution in [-0.2, 0) is 16.1 Å². The molecule has 2 saturated heterocycles. The SMILES string of the molecule is CN(C)C(=O)N1CCN(C(=O)[C@@H]2CC(=O)N(Cc3ccncc3)C2)CC1. The lowest BCUT2D eigenvalue weighted by Gasteiger charge is -2.36. The molecule has 8 nitrogen and oxygen atoms in total. The lowest BCUT2D eigenvalue weighted by Crippen LogP contribution is -2.54. The molecular formula is C18H25N5O3. The van der Waals surface area contributed by atoms with Gasteiger partial charge in [-0.3, -0.25) is 14.6 Å². The maximum Gasteiger partial charge on any atom is 0.319 e. The van der Waals surface area contributed by atoms with Crippen molar-refractivity contribution in [3.8, 4) is 0 Å². The second-order valence-corrected chi connectivity index (χ2v) is 7.02. The standard InChI is InChI=1S/C18H25N5O3/c1-20(2)18(26)22-9-7-21(8-10-22)17(25)15-11-16(24)23(13-15)12-14-3-5-19-6-4-14/h3-6,15H,7-13H2,1-2H3/t15-/m1/s1. The zero-order valence-corrected chi connectivity index (χ0v) is 15.3. The Morgan fingerprint density at radius 3 is 2.35 bits per heavy atom. The van der Waals surface area contributed by atoms with E-state index in [-0.39, 0.29) is 30.2 Å². The van der Waals surface area contributed by atoms with Crippen molar-refractivity contribution in [2.75, 3.05) is 46.8 Å². The number of aromatic nitrogens is 1. The first kappa shape index (κ1) is 18.2. The molecule has 0 aliphatic carbocycles. The van der Waals surface area contributed by atoms with E-state index in [4.69, 9.17) is 0 Å². The molecule has 140 valence electrons. The van der Waals surface area contributed by atoms with E-state index >= 15 is 0 Å². The lowest BCUT2D eigenvalue weighted by molar-refractivity contribution is -0.137. The van der Waals surface area contributed by atoms with Crippen LogP contribution >= 0.6 is 0 Å². The molecule has 2 fully saturated rings. The summed E-state index contributed by atoms with van der Waals surface area (Å²) in [7, 11) is 3.45. The molecule has 3 heterocycles. The molecular weight excluding hydrogens is 334 g/mol. The average molecular weight is 359 g/mol. The Bertz CT molecular complexity index is 671. The number of likely N-dealkylation sites (tertiary alicyclic amines) is 1. The highest BCUT2D eigenvalue weighted by atomic mass is 16.2. The number of carbonyl (C=O) groups is 3. The highest BCUT2D eigenvalue weighted by Crippen LogP contribution is 2.22. The monoisotopic (exact) mass is 359 g/mol. The van der Waals surface area contributed by atoms with Crippen molar-refractivity contribution in [1.29, 1.82) is 0 Å². The van der Waals surface area contributed by atoms with Crippen LogP contribution in [-0.4, -0.2) is 89.2 Å². The molecule has 0 spiro atoms. The summed E-state index contributed by atoms with van der Waals surface area (Å²) in [5.74, 6) is -0.255. The topological polar surface area (TPSA) is 77.1 Å². The largest absolute Gasteiger partial charge is 0.339 e. The fourth-order valence-corrected chi connectivity index (χ4v) is 3.46. The van der Waals surface area contributed by atoms with Crippen molar-refractivity contribution in [3.05, 3.63) is 30.1 Å². The number of carbonyl (C=O) groups excluding carboxylic acids is 3. The summed E-state index contributed by atoms with van der Waals surface area (Å²) >= 11 is 0. The zero-order chi connectivity index (χ0) is 18.7. The zero-order valence-electron chi connectivity index (χ0n) is 15.3. The minimum Gasteiger partial charge on any atom is -0.339 e. The first-order valence-electron chi connectivity index (χ1n) is 8.87. The highest BCUT2D eigenvalue weighted by Gasteiger charge is 2.37. The number of nitrogens with zero attached hydrogens (tertiary/aromatic N) is 5. The second kappa shape index (κ2) is 7.72. The Morgan fingerprint density at radius 2 is 1.73 bits per heavy atom. The van der Waals surface area contributed by atoms with Gasteiger partial charge in [-0.1, -0.05) is 0 Å². The van der Waals surface area contributed by atoms with Gasteiger partial charge in [-0.2, -0.15) is 0 Å². The molecule has 1 atom stereocenters. The van der Waals surface area contributed by atoms with Crippen LogP contribution in [0.15, 0.2) is 24.5 Å². The number of pyridine rings is 1. The summed E-state index contributed by atoms with van der Waals surface area (Å²) in [4.78, 5) is 47.8. The molecule has 3 rings (SSSR count).